The third kappa shape index (κ3) is 2.63. The van der Waals surface area contributed by atoms with E-state index in [0.29, 0.717) is 11.8 Å². The van der Waals surface area contributed by atoms with Crippen LogP contribution in [0.15, 0.2) is 54.1 Å². The largest absolute Gasteiger partial charge is 0.0805 e. The van der Waals surface area contributed by atoms with Gasteiger partial charge in [-0.15, -0.1) is 0 Å². The molecular weight excluding hydrogens is 192 g/mol. The highest BCUT2D eigenvalue weighted by Gasteiger charge is 2.16. The summed E-state index contributed by atoms with van der Waals surface area (Å²) in [6.45, 7) is 4.63. The summed E-state index contributed by atoms with van der Waals surface area (Å²) in [6, 6.07) is 10.9. The summed E-state index contributed by atoms with van der Waals surface area (Å²) >= 11 is 0. The van der Waals surface area contributed by atoms with Crippen LogP contribution in [0.4, 0.5) is 0 Å². The normalized spacial score (nSPS) is 16.6. The van der Waals surface area contributed by atoms with Gasteiger partial charge in [0.2, 0.25) is 0 Å². The summed E-state index contributed by atoms with van der Waals surface area (Å²) in [5, 5.41) is 0. The van der Waals surface area contributed by atoms with Gasteiger partial charge in [0, 0.05) is 0 Å². The summed E-state index contributed by atoms with van der Waals surface area (Å²) in [7, 11) is 0. The summed E-state index contributed by atoms with van der Waals surface area (Å²) in [4.78, 5) is 0. The first-order valence-corrected chi connectivity index (χ1v) is 6.18. The fourth-order valence-electron chi connectivity index (χ4n) is 2.35. The van der Waals surface area contributed by atoms with Crippen LogP contribution in [0, 0.1) is 5.92 Å². The van der Waals surface area contributed by atoms with E-state index >= 15 is 0 Å². The zero-order chi connectivity index (χ0) is 11.4. The molecule has 0 aromatic heterocycles. The van der Waals surface area contributed by atoms with Crippen LogP contribution in [0.2, 0.25) is 0 Å². The van der Waals surface area contributed by atoms with Gasteiger partial charge in [0.05, 0.1) is 0 Å². The van der Waals surface area contributed by atoms with E-state index in [-0.39, 0.29) is 0 Å². The van der Waals surface area contributed by atoms with E-state index in [4.69, 9.17) is 0 Å². The van der Waals surface area contributed by atoms with Crippen molar-refractivity contribution in [2.45, 2.75) is 32.6 Å². The summed E-state index contributed by atoms with van der Waals surface area (Å²) in [5.74, 6) is 1.34. The van der Waals surface area contributed by atoms with Crippen LogP contribution >= 0.6 is 0 Å². The molecule has 1 unspecified atom stereocenters. The highest BCUT2D eigenvalue weighted by molar-refractivity contribution is 5.30. The maximum absolute atomic E-state index is 2.35. The van der Waals surface area contributed by atoms with Crippen LogP contribution in [0.3, 0.4) is 0 Å². The first kappa shape index (κ1) is 11.2. The molecule has 0 bridgehead atoms. The Balaban J connectivity index is 2.14. The molecule has 0 heteroatoms. The average Bonchev–Trinajstić information content (AvgIpc) is 2.79. The molecule has 0 saturated carbocycles. The van der Waals surface area contributed by atoms with Crippen molar-refractivity contribution in [3.05, 3.63) is 59.7 Å². The lowest BCUT2D eigenvalue weighted by Gasteiger charge is -2.21. The Morgan fingerprint density at radius 3 is 2.44 bits per heavy atom. The van der Waals surface area contributed by atoms with Gasteiger partial charge in [-0.25, -0.2) is 0 Å². The van der Waals surface area contributed by atoms with Gasteiger partial charge in [-0.1, -0.05) is 68.0 Å². The molecule has 0 N–H and O–H groups in total. The van der Waals surface area contributed by atoms with E-state index in [1.54, 1.807) is 0 Å². The predicted octanol–water partition coefficient (Wildman–Crippen LogP) is 4.70. The van der Waals surface area contributed by atoms with Crippen molar-refractivity contribution in [3.8, 4) is 0 Å². The minimum absolute atomic E-state index is 0.648. The summed E-state index contributed by atoms with van der Waals surface area (Å²) in [6.07, 6.45) is 9.17. The molecular formula is C16H20. The molecule has 1 aliphatic rings. The number of hydrogen-bond donors (Lipinski definition) is 0. The number of hydrogen-bond acceptors (Lipinski definition) is 0. The van der Waals surface area contributed by atoms with Gasteiger partial charge >= 0.3 is 0 Å². The van der Waals surface area contributed by atoms with Crippen LogP contribution in [0.25, 0.3) is 0 Å². The molecule has 1 aliphatic carbocycles. The molecule has 1 aromatic rings. The number of allylic oxidation sites excluding steroid dienone is 4. The van der Waals surface area contributed by atoms with Crippen LogP contribution in [-0.4, -0.2) is 0 Å². The van der Waals surface area contributed by atoms with E-state index in [1.807, 2.05) is 0 Å². The lowest BCUT2D eigenvalue weighted by atomic mass is 9.83. The van der Waals surface area contributed by atoms with Crippen LogP contribution in [-0.2, 0) is 0 Å². The third-order valence-corrected chi connectivity index (χ3v) is 3.34. The molecule has 0 aliphatic heterocycles. The Morgan fingerprint density at radius 1 is 1.12 bits per heavy atom. The lowest BCUT2D eigenvalue weighted by Crippen LogP contribution is -2.07. The first-order chi connectivity index (χ1) is 7.77. The van der Waals surface area contributed by atoms with Crippen molar-refractivity contribution in [2.75, 3.05) is 0 Å². The zero-order valence-electron chi connectivity index (χ0n) is 10.2. The third-order valence-electron chi connectivity index (χ3n) is 3.34. The highest BCUT2D eigenvalue weighted by Crippen LogP contribution is 2.32. The number of benzene rings is 1. The van der Waals surface area contributed by atoms with Crippen molar-refractivity contribution in [3.63, 3.8) is 0 Å². The standard InChI is InChI=1S/C16H20/c1-13(2)16(12-14-8-6-7-9-14)15-10-4-3-5-11-15/h3-6,8-11,13,16H,7,12H2,1-2H3. The Kier molecular flexibility index (Phi) is 3.61. The van der Waals surface area contributed by atoms with Crippen molar-refractivity contribution in [2.24, 2.45) is 5.92 Å². The van der Waals surface area contributed by atoms with Crippen LogP contribution < -0.4 is 0 Å². The molecule has 0 fully saturated rings. The molecule has 1 aromatic carbocycles. The molecule has 0 nitrogen and oxygen atoms in total. The second-order valence-electron chi connectivity index (χ2n) is 4.88. The maximum Gasteiger partial charge on any atom is -0.00985 e. The van der Waals surface area contributed by atoms with Gasteiger partial charge in [0.15, 0.2) is 0 Å². The summed E-state index contributed by atoms with van der Waals surface area (Å²) < 4.78 is 0. The fourth-order valence-corrected chi connectivity index (χ4v) is 2.35. The molecule has 1 atom stereocenters. The Morgan fingerprint density at radius 2 is 1.88 bits per heavy atom. The minimum atomic E-state index is 0.648. The molecule has 16 heavy (non-hydrogen) atoms. The van der Waals surface area contributed by atoms with E-state index in [0.717, 1.165) is 6.42 Å². The van der Waals surface area contributed by atoms with Crippen LogP contribution in [0.5, 0.6) is 0 Å². The Hall–Kier alpha value is -1.30. The van der Waals surface area contributed by atoms with Crippen molar-refractivity contribution < 1.29 is 0 Å². The van der Waals surface area contributed by atoms with Crippen molar-refractivity contribution in [1.82, 2.24) is 0 Å². The second-order valence-corrected chi connectivity index (χ2v) is 4.88. The molecule has 2 rings (SSSR count). The van der Waals surface area contributed by atoms with E-state index in [9.17, 15) is 0 Å². The van der Waals surface area contributed by atoms with Crippen LogP contribution in [0.1, 0.15) is 38.2 Å². The van der Waals surface area contributed by atoms with Crippen molar-refractivity contribution >= 4 is 0 Å². The van der Waals surface area contributed by atoms with E-state index < -0.39 is 0 Å². The molecule has 84 valence electrons. The van der Waals surface area contributed by atoms with Gasteiger partial charge in [0.1, 0.15) is 0 Å². The topological polar surface area (TPSA) is 0 Å². The monoisotopic (exact) mass is 212 g/mol. The minimum Gasteiger partial charge on any atom is -0.0805 e. The van der Waals surface area contributed by atoms with Gasteiger partial charge in [-0.05, 0) is 30.2 Å². The molecule has 0 heterocycles. The smallest absolute Gasteiger partial charge is 0.00985 e. The first-order valence-electron chi connectivity index (χ1n) is 6.18. The molecule has 0 saturated heterocycles. The van der Waals surface area contributed by atoms with Gasteiger partial charge in [-0.2, -0.15) is 0 Å². The second kappa shape index (κ2) is 5.16. The van der Waals surface area contributed by atoms with Gasteiger partial charge < -0.3 is 0 Å². The van der Waals surface area contributed by atoms with E-state index in [2.05, 4.69) is 62.4 Å². The SMILES string of the molecule is CC(C)C(CC1=CCC=C1)c1ccccc1. The molecule has 0 spiro atoms. The molecule has 0 amide bonds. The van der Waals surface area contributed by atoms with Gasteiger partial charge in [-0.3, -0.25) is 0 Å². The quantitative estimate of drug-likeness (QED) is 0.678. The zero-order valence-corrected chi connectivity index (χ0v) is 10.2. The Labute approximate surface area is 98.7 Å². The van der Waals surface area contributed by atoms with Crippen molar-refractivity contribution in [1.29, 1.82) is 0 Å². The lowest BCUT2D eigenvalue weighted by molar-refractivity contribution is 0.497. The van der Waals surface area contributed by atoms with E-state index in [1.165, 1.54) is 17.6 Å². The summed E-state index contributed by atoms with van der Waals surface area (Å²) in [5.41, 5.74) is 2.97. The molecule has 0 radical (unpaired) electrons. The average molecular weight is 212 g/mol. The maximum atomic E-state index is 2.35. The Bertz CT molecular complexity index is 382. The van der Waals surface area contributed by atoms with Gasteiger partial charge in [0.25, 0.3) is 0 Å². The number of rotatable bonds is 4. The fraction of sp³-hybridized carbons (Fsp3) is 0.375. The predicted molar refractivity (Wildman–Crippen MR) is 70.5 cm³/mol. The highest BCUT2D eigenvalue weighted by atomic mass is 14.2.